The molecular weight excluding hydrogens is 346 g/mol. The lowest BCUT2D eigenvalue weighted by Gasteiger charge is -2.45. The van der Waals surface area contributed by atoms with Crippen molar-refractivity contribution in [2.45, 2.75) is 31.6 Å². The zero-order chi connectivity index (χ0) is 18.1. The lowest BCUT2D eigenvalue weighted by atomic mass is 9.59. The summed E-state index contributed by atoms with van der Waals surface area (Å²) in [4.78, 5) is 0. The highest BCUT2D eigenvalue weighted by atomic mass is 19.4. The Kier molecular flexibility index (Phi) is 3.56. The highest BCUT2D eigenvalue weighted by molar-refractivity contribution is 5.79. The molecule has 1 N–H and O–H groups in total. The summed E-state index contributed by atoms with van der Waals surface area (Å²) in [6, 6.07) is 1.74. The molecular formula is C18H16F6O. The van der Waals surface area contributed by atoms with Gasteiger partial charge in [-0.05, 0) is 77.8 Å². The minimum atomic E-state index is -4.85. The Bertz CT molecular complexity index is 713. The van der Waals surface area contributed by atoms with Crippen LogP contribution in [0.4, 0.5) is 26.3 Å². The second-order valence-corrected chi connectivity index (χ2v) is 7.28. The second kappa shape index (κ2) is 5.25. The standard InChI is InChI=1S/C18H16F6O/c19-17(20,21)11-4-10(5-12(6-11)18(22,23)24)15-13(7-25)14-8-1-2-9(3-8)16(14)15/h4-6,8-9,14,16,25H,1-3,7H2. The van der Waals surface area contributed by atoms with Gasteiger partial charge in [0.2, 0.25) is 0 Å². The number of aliphatic hydroxyl groups is 1. The van der Waals surface area contributed by atoms with Gasteiger partial charge >= 0.3 is 12.4 Å². The molecule has 4 unspecified atom stereocenters. The normalized spacial score (nSPS) is 31.3. The van der Waals surface area contributed by atoms with Gasteiger partial charge in [-0.2, -0.15) is 26.3 Å². The first-order chi connectivity index (χ1) is 11.6. The smallest absolute Gasteiger partial charge is 0.392 e. The number of aliphatic hydroxyl groups excluding tert-OH is 1. The van der Waals surface area contributed by atoms with Crippen LogP contribution in [0.15, 0.2) is 23.8 Å². The SMILES string of the molecule is OCC1=C(c2cc(C(F)(F)F)cc(C(F)(F)F)c2)C2C3CCC(C3)C12. The number of hydrogen-bond donors (Lipinski definition) is 1. The number of fused-ring (bicyclic) bond motifs is 5. The minimum absolute atomic E-state index is 0.00883. The molecule has 4 rings (SSSR count). The molecule has 7 heteroatoms. The first-order valence-electron chi connectivity index (χ1n) is 8.25. The van der Waals surface area contributed by atoms with Gasteiger partial charge in [0.15, 0.2) is 0 Å². The zero-order valence-electron chi connectivity index (χ0n) is 13.1. The van der Waals surface area contributed by atoms with Crippen LogP contribution in [0.25, 0.3) is 5.57 Å². The largest absolute Gasteiger partial charge is 0.416 e. The van der Waals surface area contributed by atoms with E-state index in [1.165, 1.54) is 0 Å². The predicted octanol–water partition coefficient (Wildman–Crippen LogP) is 5.15. The predicted molar refractivity (Wildman–Crippen MR) is 78.3 cm³/mol. The van der Waals surface area contributed by atoms with Crippen molar-refractivity contribution in [2.24, 2.45) is 23.7 Å². The molecule has 0 spiro atoms. The fraction of sp³-hybridized carbons (Fsp3) is 0.556. The van der Waals surface area contributed by atoms with Crippen LogP contribution in [0.2, 0.25) is 0 Å². The maximum absolute atomic E-state index is 13.1. The number of hydrogen-bond acceptors (Lipinski definition) is 1. The lowest BCUT2D eigenvalue weighted by molar-refractivity contribution is -0.143. The summed E-state index contributed by atoms with van der Waals surface area (Å²) >= 11 is 0. The number of benzene rings is 1. The third-order valence-corrected chi connectivity index (χ3v) is 6.07. The molecule has 4 atom stereocenters. The van der Waals surface area contributed by atoms with Gasteiger partial charge in [-0.3, -0.25) is 0 Å². The Morgan fingerprint density at radius 1 is 0.840 bits per heavy atom. The summed E-state index contributed by atoms with van der Waals surface area (Å²) < 4.78 is 78.5. The zero-order valence-corrected chi connectivity index (χ0v) is 13.1. The Morgan fingerprint density at radius 2 is 1.36 bits per heavy atom. The van der Waals surface area contributed by atoms with Gasteiger partial charge in [-0.1, -0.05) is 0 Å². The first-order valence-corrected chi connectivity index (χ1v) is 8.25. The summed E-state index contributed by atoms with van der Waals surface area (Å²) in [7, 11) is 0. The maximum atomic E-state index is 13.1. The summed E-state index contributed by atoms with van der Waals surface area (Å²) in [5.41, 5.74) is -1.50. The van der Waals surface area contributed by atoms with Crippen LogP contribution in [0.5, 0.6) is 0 Å². The molecule has 0 amide bonds. The molecule has 2 fully saturated rings. The first kappa shape index (κ1) is 16.9. The molecule has 3 aliphatic rings. The van der Waals surface area contributed by atoms with E-state index >= 15 is 0 Å². The van der Waals surface area contributed by atoms with E-state index in [1.54, 1.807) is 0 Å². The molecule has 3 aliphatic carbocycles. The summed E-state index contributed by atoms with van der Waals surface area (Å²) in [5, 5.41) is 9.65. The number of rotatable bonds is 2. The number of allylic oxidation sites excluding steroid dienone is 1. The molecule has 0 saturated heterocycles. The highest BCUT2D eigenvalue weighted by Gasteiger charge is 2.56. The third-order valence-electron chi connectivity index (χ3n) is 6.07. The molecule has 1 aromatic carbocycles. The fourth-order valence-electron chi connectivity index (χ4n) is 5.18. The van der Waals surface area contributed by atoms with Crippen molar-refractivity contribution < 1.29 is 31.4 Å². The fourth-order valence-corrected chi connectivity index (χ4v) is 5.18. The summed E-state index contributed by atoms with van der Waals surface area (Å²) in [6.45, 7) is -0.308. The Labute approximate surface area is 140 Å². The van der Waals surface area contributed by atoms with Crippen LogP contribution in [-0.2, 0) is 12.4 Å². The minimum Gasteiger partial charge on any atom is -0.392 e. The number of halogens is 6. The Balaban J connectivity index is 1.85. The molecule has 136 valence electrons. The van der Waals surface area contributed by atoms with E-state index in [0.29, 0.717) is 23.0 Å². The van der Waals surface area contributed by atoms with Crippen molar-refractivity contribution in [1.29, 1.82) is 0 Å². The molecule has 1 nitrogen and oxygen atoms in total. The molecule has 0 aliphatic heterocycles. The average molecular weight is 362 g/mol. The van der Waals surface area contributed by atoms with E-state index in [9.17, 15) is 31.4 Å². The van der Waals surface area contributed by atoms with E-state index < -0.39 is 23.5 Å². The summed E-state index contributed by atoms with van der Waals surface area (Å²) in [6.07, 6.45) is -6.77. The topological polar surface area (TPSA) is 20.2 Å². The number of alkyl halides is 6. The molecule has 0 heterocycles. The van der Waals surface area contributed by atoms with Crippen LogP contribution in [-0.4, -0.2) is 11.7 Å². The van der Waals surface area contributed by atoms with E-state index in [1.807, 2.05) is 0 Å². The van der Waals surface area contributed by atoms with Gasteiger partial charge in [0.1, 0.15) is 0 Å². The van der Waals surface area contributed by atoms with Crippen LogP contribution in [0.3, 0.4) is 0 Å². The van der Waals surface area contributed by atoms with E-state index in [0.717, 1.165) is 31.4 Å². The van der Waals surface area contributed by atoms with Gasteiger partial charge < -0.3 is 5.11 Å². The van der Waals surface area contributed by atoms with Crippen LogP contribution in [0.1, 0.15) is 36.0 Å². The van der Waals surface area contributed by atoms with Crippen LogP contribution < -0.4 is 0 Å². The molecule has 2 bridgehead atoms. The van der Waals surface area contributed by atoms with Crippen molar-refractivity contribution in [1.82, 2.24) is 0 Å². The van der Waals surface area contributed by atoms with Gasteiger partial charge in [0.05, 0.1) is 17.7 Å². The maximum Gasteiger partial charge on any atom is 0.416 e. The van der Waals surface area contributed by atoms with Gasteiger partial charge in [0.25, 0.3) is 0 Å². The van der Waals surface area contributed by atoms with E-state index in [4.69, 9.17) is 0 Å². The van der Waals surface area contributed by atoms with Gasteiger partial charge in [-0.25, -0.2) is 0 Å². The van der Waals surface area contributed by atoms with Crippen molar-refractivity contribution in [3.05, 3.63) is 40.5 Å². The second-order valence-electron chi connectivity index (χ2n) is 7.28. The van der Waals surface area contributed by atoms with E-state index in [2.05, 4.69) is 0 Å². The monoisotopic (exact) mass is 362 g/mol. The van der Waals surface area contributed by atoms with Crippen LogP contribution in [0, 0.1) is 23.7 Å². The summed E-state index contributed by atoms with van der Waals surface area (Å²) in [5.74, 6) is 0.839. The molecule has 1 aromatic rings. The van der Waals surface area contributed by atoms with Crippen molar-refractivity contribution in [3.8, 4) is 0 Å². The Hall–Kier alpha value is -1.50. The van der Waals surface area contributed by atoms with E-state index in [-0.39, 0.29) is 30.1 Å². The average Bonchev–Trinajstić information content (AvgIpc) is 3.03. The van der Waals surface area contributed by atoms with Gasteiger partial charge in [-0.15, -0.1) is 0 Å². The Morgan fingerprint density at radius 3 is 1.84 bits per heavy atom. The molecule has 0 aromatic heterocycles. The lowest BCUT2D eigenvalue weighted by Crippen LogP contribution is -2.36. The molecule has 0 radical (unpaired) electrons. The van der Waals surface area contributed by atoms with Gasteiger partial charge in [0, 0.05) is 0 Å². The van der Waals surface area contributed by atoms with Crippen molar-refractivity contribution >= 4 is 5.57 Å². The van der Waals surface area contributed by atoms with Crippen LogP contribution >= 0.6 is 0 Å². The van der Waals surface area contributed by atoms with Crippen molar-refractivity contribution in [3.63, 3.8) is 0 Å². The van der Waals surface area contributed by atoms with Crippen molar-refractivity contribution in [2.75, 3.05) is 6.61 Å². The third kappa shape index (κ3) is 2.50. The molecule has 2 saturated carbocycles. The highest BCUT2D eigenvalue weighted by Crippen LogP contribution is 2.66. The molecule has 25 heavy (non-hydrogen) atoms. The quantitative estimate of drug-likeness (QED) is 0.722.